The predicted octanol–water partition coefficient (Wildman–Crippen LogP) is 2.75. The van der Waals surface area contributed by atoms with Crippen molar-refractivity contribution in [3.05, 3.63) is 30.3 Å². The molecule has 0 saturated heterocycles. The summed E-state index contributed by atoms with van der Waals surface area (Å²) in [6, 6.07) is 10.4. The van der Waals surface area contributed by atoms with Gasteiger partial charge in [0.25, 0.3) is 0 Å². The fraction of sp³-hybridized carbons (Fsp3) is 0.533. The van der Waals surface area contributed by atoms with Gasteiger partial charge in [0.05, 0.1) is 6.54 Å². The van der Waals surface area contributed by atoms with Crippen molar-refractivity contribution in [2.24, 2.45) is 5.92 Å². The molecule has 98 valence electrons. The van der Waals surface area contributed by atoms with Crippen molar-refractivity contribution < 1.29 is 4.79 Å². The lowest BCUT2D eigenvalue weighted by Crippen LogP contribution is -2.39. The van der Waals surface area contributed by atoms with E-state index in [2.05, 4.69) is 19.2 Å². The van der Waals surface area contributed by atoms with Gasteiger partial charge in [-0.25, -0.2) is 0 Å². The SMILES string of the molecule is CC(C)CN(C(=O)CNc1ccccc1)C1CC1. The lowest BCUT2D eigenvalue weighted by atomic mass is 10.2. The second-order valence-corrected chi connectivity index (χ2v) is 5.39. The van der Waals surface area contributed by atoms with Gasteiger partial charge in [0.1, 0.15) is 0 Å². The second-order valence-electron chi connectivity index (χ2n) is 5.39. The van der Waals surface area contributed by atoms with E-state index in [0.29, 0.717) is 18.5 Å². The molecule has 1 amide bonds. The zero-order valence-corrected chi connectivity index (χ0v) is 11.2. The molecule has 1 aliphatic carbocycles. The minimum Gasteiger partial charge on any atom is -0.376 e. The van der Waals surface area contributed by atoms with Crippen LogP contribution in [0.2, 0.25) is 0 Å². The lowest BCUT2D eigenvalue weighted by Gasteiger charge is -2.24. The van der Waals surface area contributed by atoms with Crippen LogP contribution in [0.4, 0.5) is 5.69 Å². The molecule has 0 aromatic heterocycles. The summed E-state index contributed by atoms with van der Waals surface area (Å²) in [6.07, 6.45) is 2.34. The van der Waals surface area contributed by atoms with Gasteiger partial charge in [-0.15, -0.1) is 0 Å². The summed E-state index contributed by atoms with van der Waals surface area (Å²) >= 11 is 0. The number of hydrogen-bond donors (Lipinski definition) is 1. The number of nitrogens with zero attached hydrogens (tertiary/aromatic N) is 1. The van der Waals surface area contributed by atoms with Crippen LogP contribution in [-0.2, 0) is 4.79 Å². The molecule has 0 heterocycles. The molecule has 1 N–H and O–H groups in total. The summed E-state index contributed by atoms with van der Waals surface area (Å²) < 4.78 is 0. The third-order valence-electron chi connectivity index (χ3n) is 3.09. The van der Waals surface area contributed by atoms with Crippen LogP contribution in [0.15, 0.2) is 30.3 Å². The van der Waals surface area contributed by atoms with Gasteiger partial charge in [0, 0.05) is 18.3 Å². The Morgan fingerprint density at radius 1 is 1.33 bits per heavy atom. The van der Waals surface area contributed by atoms with E-state index in [9.17, 15) is 4.79 Å². The molecule has 0 radical (unpaired) electrons. The molecule has 3 nitrogen and oxygen atoms in total. The Morgan fingerprint density at radius 2 is 2.00 bits per heavy atom. The molecule has 0 aliphatic heterocycles. The Balaban J connectivity index is 1.85. The van der Waals surface area contributed by atoms with Crippen LogP contribution in [0.5, 0.6) is 0 Å². The Hall–Kier alpha value is -1.51. The van der Waals surface area contributed by atoms with Gasteiger partial charge in [-0.1, -0.05) is 32.0 Å². The van der Waals surface area contributed by atoms with E-state index in [1.165, 1.54) is 12.8 Å². The van der Waals surface area contributed by atoms with Crippen LogP contribution in [0.1, 0.15) is 26.7 Å². The van der Waals surface area contributed by atoms with Crippen molar-refractivity contribution in [1.29, 1.82) is 0 Å². The Bertz CT molecular complexity index is 385. The van der Waals surface area contributed by atoms with Crippen molar-refractivity contribution in [3.8, 4) is 0 Å². The number of nitrogens with one attached hydrogen (secondary N) is 1. The third kappa shape index (κ3) is 3.76. The first-order chi connectivity index (χ1) is 8.66. The van der Waals surface area contributed by atoms with E-state index in [0.717, 1.165) is 12.2 Å². The average Bonchev–Trinajstić information content (AvgIpc) is 3.18. The van der Waals surface area contributed by atoms with Crippen LogP contribution in [0.25, 0.3) is 0 Å². The van der Waals surface area contributed by atoms with Crippen molar-refractivity contribution >= 4 is 11.6 Å². The molecular weight excluding hydrogens is 224 g/mol. The standard InChI is InChI=1S/C15H22N2O/c1-12(2)11-17(14-8-9-14)15(18)10-16-13-6-4-3-5-7-13/h3-7,12,14,16H,8-11H2,1-2H3. The zero-order valence-electron chi connectivity index (χ0n) is 11.2. The van der Waals surface area contributed by atoms with E-state index < -0.39 is 0 Å². The van der Waals surface area contributed by atoms with E-state index in [1.54, 1.807) is 0 Å². The summed E-state index contributed by atoms with van der Waals surface area (Å²) in [5, 5.41) is 3.19. The molecule has 3 heteroatoms. The van der Waals surface area contributed by atoms with Crippen LogP contribution < -0.4 is 5.32 Å². The highest BCUT2D eigenvalue weighted by Crippen LogP contribution is 2.27. The number of hydrogen-bond acceptors (Lipinski definition) is 2. The molecule has 1 fully saturated rings. The quantitative estimate of drug-likeness (QED) is 0.837. The molecule has 0 atom stereocenters. The smallest absolute Gasteiger partial charge is 0.242 e. The van der Waals surface area contributed by atoms with E-state index in [1.807, 2.05) is 35.2 Å². The number of para-hydroxylation sites is 1. The van der Waals surface area contributed by atoms with Crippen molar-refractivity contribution in [2.75, 3.05) is 18.4 Å². The first kappa shape index (κ1) is 12.9. The third-order valence-corrected chi connectivity index (χ3v) is 3.09. The van der Waals surface area contributed by atoms with Crippen LogP contribution in [0, 0.1) is 5.92 Å². The van der Waals surface area contributed by atoms with E-state index in [-0.39, 0.29) is 5.91 Å². The molecule has 1 aliphatic rings. The zero-order chi connectivity index (χ0) is 13.0. The average molecular weight is 246 g/mol. The summed E-state index contributed by atoms with van der Waals surface area (Å²) in [5.41, 5.74) is 1.01. The molecule has 1 aromatic carbocycles. The first-order valence-electron chi connectivity index (χ1n) is 6.75. The highest BCUT2D eigenvalue weighted by atomic mass is 16.2. The fourth-order valence-corrected chi connectivity index (χ4v) is 2.07. The highest BCUT2D eigenvalue weighted by Gasteiger charge is 2.32. The number of carbonyl (C=O) groups is 1. The number of carbonyl (C=O) groups excluding carboxylic acids is 1. The monoisotopic (exact) mass is 246 g/mol. The van der Waals surface area contributed by atoms with Crippen LogP contribution >= 0.6 is 0 Å². The predicted molar refractivity (Wildman–Crippen MR) is 74.5 cm³/mol. The normalized spacial score (nSPS) is 14.6. The van der Waals surface area contributed by atoms with Gasteiger partial charge in [-0.3, -0.25) is 4.79 Å². The maximum atomic E-state index is 12.2. The molecule has 1 aromatic rings. The van der Waals surface area contributed by atoms with Gasteiger partial charge in [-0.05, 0) is 30.9 Å². The number of benzene rings is 1. The molecule has 18 heavy (non-hydrogen) atoms. The summed E-state index contributed by atoms with van der Waals surface area (Å²) in [6.45, 7) is 5.59. The van der Waals surface area contributed by atoms with Gasteiger partial charge in [0.2, 0.25) is 5.91 Å². The largest absolute Gasteiger partial charge is 0.376 e. The Kier molecular flexibility index (Phi) is 4.24. The molecule has 1 saturated carbocycles. The molecule has 0 bridgehead atoms. The molecule has 0 unspecified atom stereocenters. The summed E-state index contributed by atoms with van der Waals surface area (Å²) in [5.74, 6) is 0.751. The summed E-state index contributed by atoms with van der Waals surface area (Å²) in [4.78, 5) is 14.2. The number of amides is 1. The van der Waals surface area contributed by atoms with Crippen molar-refractivity contribution in [3.63, 3.8) is 0 Å². The highest BCUT2D eigenvalue weighted by molar-refractivity contribution is 5.81. The number of anilines is 1. The molecule has 0 spiro atoms. The molecule has 2 rings (SSSR count). The maximum Gasteiger partial charge on any atom is 0.242 e. The lowest BCUT2D eigenvalue weighted by molar-refractivity contribution is -0.130. The molecular formula is C15H22N2O. The van der Waals surface area contributed by atoms with Gasteiger partial charge in [0.15, 0.2) is 0 Å². The van der Waals surface area contributed by atoms with Gasteiger partial charge in [-0.2, -0.15) is 0 Å². The minimum absolute atomic E-state index is 0.218. The van der Waals surface area contributed by atoms with Crippen molar-refractivity contribution in [2.45, 2.75) is 32.7 Å². The fourth-order valence-electron chi connectivity index (χ4n) is 2.07. The summed E-state index contributed by atoms with van der Waals surface area (Å²) in [7, 11) is 0. The van der Waals surface area contributed by atoms with Gasteiger partial charge >= 0.3 is 0 Å². The van der Waals surface area contributed by atoms with E-state index in [4.69, 9.17) is 0 Å². The van der Waals surface area contributed by atoms with E-state index >= 15 is 0 Å². The van der Waals surface area contributed by atoms with Crippen LogP contribution in [0.3, 0.4) is 0 Å². The van der Waals surface area contributed by atoms with Gasteiger partial charge < -0.3 is 10.2 Å². The number of rotatable bonds is 6. The van der Waals surface area contributed by atoms with Crippen LogP contribution in [-0.4, -0.2) is 29.9 Å². The first-order valence-corrected chi connectivity index (χ1v) is 6.75. The minimum atomic E-state index is 0.218. The topological polar surface area (TPSA) is 32.3 Å². The second kappa shape index (κ2) is 5.89. The van der Waals surface area contributed by atoms with Crippen molar-refractivity contribution in [1.82, 2.24) is 4.90 Å². The Labute approximate surface area is 109 Å². The Morgan fingerprint density at radius 3 is 2.56 bits per heavy atom. The maximum absolute atomic E-state index is 12.2.